The molecule has 1 amide bonds. The molecule has 100 valence electrons. The highest BCUT2D eigenvalue weighted by Gasteiger charge is 2.32. The number of carbonyl (C=O) groups is 1. The third kappa shape index (κ3) is 3.07. The van der Waals surface area contributed by atoms with Gasteiger partial charge in [0.2, 0.25) is 0 Å². The number of hydrogen-bond acceptors (Lipinski definition) is 3. The first-order chi connectivity index (χ1) is 8.95. The molecule has 1 aliphatic heterocycles. The van der Waals surface area contributed by atoms with Gasteiger partial charge in [-0.05, 0) is 41.8 Å². The molecule has 6 heteroatoms. The highest BCUT2D eigenvalue weighted by molar-refractivity contribution is 9.10. The number of pyridine rings is 1. The molecule has 0 atom stereocenters. The number of amides is 1. The van der Waals surface area contributed by atoms with Crippen LogP contribution in [0.5, 0.6) is 0 Å². The summed E-state index contributed by atoms with van der Waals surface area (Å²) in [5.74, 6) is -0.126. The molecule has 1 aromatic rings. The average molecular weight is 343 g/mol. The lowest BCUT2D eigenvalue weighted by atomic mass is 9.82. The smallest absolute Gasteiger partial charge is 0.257 e. The first-order valence-electron chi connectivity index (χ1n) is 5.97. The Kier molecular flexibility index (Phi) is 4.12. The zero-order valence-corrected chi connectivity index (χ0v) is 12.8. The third-order valence-electron chi connectivity index (χ3n) is 3.46. The normalized spacial score (nSPS) is 17.9. The Bertz CT molecular complexity index is 547. The predicted molar refractivity (Wildman–Crippen MR) is 75.8 cm³/mol. The molecule has 1 aliphatic rings. The summed E-state index contributed by atoms with van der Waals surface area (Å²) in [6, 6.07) is 3.99. The summed E-state index contributed by atoms with van der Waals surface area (Å²) in [5, 5.41) is 9.29. The van der Waals surface area contributed by atoms with Gasteiger partial charge in [0.1, 0.15) is 5.15 Å². The number of aromatic nitrogens is 1. The van der Waals surface area contributed by atoms with Crippen molar-refractivity contribution < 1.29 is 4.79 Å². The van der Waals surface area contributed by atoms with Crippen molar-refractivity contribution in [1.82, 2.24) is 9.88 Å². The molecule has 0 spiro atoms. The maximum Gasteiger partial charge on any atom is 0.257 e. The number of likely N-dealkylation sites (tertiary alicyclic amines) is 1. The van der Waals surface area contributed by atoms with Gasteiger partial charge in [-0.2, -0.15) is 5.26 Å². The van der Waals surface area contributed by atoms with Crippen LogP contribution in [0, 0.1) is 16.7 Å². The molecule has 0 N–H and O–H groups in total. The summed E-state index contributed by atoms with van der Waals surface area (Å²) in [5.41, 5.74) is 0.0763. The van der Waals surface area contributed by atoms with E-state index >= 15 is 0 Å². The van der Waals surface area contributed by atoms with Crippen molar-refractivity contribution in [3.05, 3.63) is 27.5 Å². The van der Waals surface area contributed by atoms with Gasteiger partial charge < -0.3 is 4.90 Å². The molecule has 1 fully saturated rings. The van der Waals surface area contributed by atoms with Gasteiger partial charge in [0.05, 0.1) is 17.0 Å². The Balaban J connectivity index is 2.14. The third-order valence-corrected chi connectivity index (χ3v) is 4.20. The van der Waals surface area contributed by atoms with Crippen molar-refractivity contribution in [3.8, 4) is 6.07 Å². The minimum absolute atomic E-state index is 0.126. The van der Waals surface area contributed by atoms with Gasteiger partial charge in [-0.15, -0.1) is 0 Å². The second-order valence-corrected chi connectivity index (χ2v) is 6.23. The molecule has 4 nitrogen and oxygen atoms in total. The number of hydrogen-bond donors (Lipinski definition) is 0. The highest BCUT2D eigenvalue weighted by Crippen LogP contribution is 2.31. The molecule has 0 bridgehead atoms. The van der Waals surface area contributed by atoms with E-state index in [0.29, 0.717) is 31.5 Å². The predicted octanol–water partition coefficient (Wildman–Crippen LogP) is 3.26. The van der Waals surface area contributed by atoms with E-state index in [-0.39, 0.29) is 16.5 Å². The van der Waals surface area contributed by atoms with Crippen LogP contribution < -0.4 is 0 Å². The number of nitriles is 1. The van der Waals surface area contributed by atoms with E-state index < -0.39 is 0 Å². The van der Waals surface area contributed by atoms with Crippen LogP contribution in [0.1, 0.15) is 30.1 Å². The van der Waals surface area contributed by atoms with Crippen LogP contribution in [-0.4, -0.2) is 28.9 Å². The lowest BCUT2D eigenvalue weighted by molar-refractivity contribution is 0.0661. The highest BCUT2D eigenvalue weighted by atomic mass is 79.9. The molecule has 19 heavy (non-hydrogen) atoms. The maximum absolute atomic E-state index is 12.4. The molecule has 0 aliphatic carbocycles. The van der Waals surface area contributed by atoms with Gasteiger partial charge in [0.25, 0.3) is 5.91 Å². The first-order valence-corrected chi connectivity index (χ1v) is 7.14. The van der Waals surface area contributed by atoms with E-state index in [2.05, 4.69) is 27.0 Å². The molecular formula is C13H13BrClN3O. The van der Waals surface area contributed by atoms with Gasteiger partial charge in [-0.25, -0.2) is 4.98 Å². The zero-order valence-electron chi connectivity index (χ0n) is 10.5. The Labute approximate surface area is 125 Å². The molecule has 0 radical (unpaired) electrons. The minimum atomic E-state index is -0.323. The lowest BCUT2D eigenvalue weighted by Gasteiger charge is -2.35. The van der Waals surface area contributed by atoms with Crippen LogP contribution in [0.25, 0.3) is 0 Å². The summed E-state index contributed by atoms with van der Waals surface area (Å²) in [7, 11) is 0. The van der Waals surface area contributed by atoms with Crippen LogP contribution in [0.4, 0.5) is 0 Å². The molecule has 0 aromatic carbocycles. The van der Waals surface area contributed by atoms with E-state index in [1.807, 2.05) is 6.92 Å². The SMILES string of the molecule is CC1(C#N)CCN(C(=O)c2cc(Br)cnc2Cl)CC1. The van der Waals surface area contributed by atoms with E-state index in [0.717, 1.165) is 4.47 Å². The van der Waals surface area contributed by atoms with Crippen LogP contribution in [0.15, 0.2) is 16.7 Å². The van der Waals surface area contributed by atoms with Crippen molar-refractivity contribution in [2.24, 2.45) is 5.41 Å². The van der Waals surface area contributed by atoms with Crippen LogP contribution >= 0.6 is 27.5 Å². The second-order valence-electron chi connectivity index (χ2n) is 4.96. The monoisotopic (exact) mass is 341 g/mol. The fourth-order valence-electron chi connectivity index (χ4n) is 2.06. The van der Waals surface area contributed by atoms with Crippen molar-refractivity contribution in [3.63, 3.8) is 0 Å². The molecule has 0 unspecified atom stereocenters. The summed E-state index contributed by atoms with van der Waals surface area (Å²) in [4.78, 5) is 18.1. The summed E-state index contributed by atoms with van der Waals surface area (Å²) < 4.78 is 0.721. The number of nitrogens with zero attached hydrogens (tertiary/aromatic N) is 3. The number of piperidine rings is 1. The summed E-state index contributed by atoms with van der Waals surface area (Å²) >= 11 is 9.24. The van der Waals surface area contributed by atoms with Crippen LogP contribution in [0.2, 0.25) is 5.15 Å². The van der Waals surface area contributed by atoms with Gasteiger partial charge in [0.15, 0.2) is 0 Å². The maximum atomic E-state index is 12.4. The minimum Gasteiger partial charge on any atom is -0.338 e. The van der Waals surface area contributed by atoms with Crippen molar-refractivity contribution in [2.75, 3.05) is 13.1 Å². The van der Waals surface area contributed by atoms with Crippen molar-refractivity contribution in [1.29, 1.82) is 5.26 Å². The second kappa shape index (κ2) is 5.48. The van der Waals surface area contributed by atoms with Crippen LogP contribution in [-0.2, 0) is 0 Å². The molecule has 2 heterocycles. The zero-order chi connectivity index (χ0) is 14.0. The topological polar surface area (TPSA) is 57.0 Å². The quantitative estimate of drug-likeness (QED) is 0.736. The van der Waals surface area contributed by atoms with Gasteiger partial charge in [0, 0.05) is 23.8 Å². The molecule has 0 saturated carbocycles. The molecule has 1 aromatic heterocycles. The van der Waals surface area contributed by atoms with E-state index in [9.17, 15) is 4.79 Å². The Morgan fingerprint density at radius 3 is 2.79 bits per heavy atom. The number of rotatable bonds is 1. The van der Waals surface area contributed by atoms with E-state index in [4.69, 9.17) is 16.9 Å². The molecule has 2 rings (SSSR count). The fourth-order valence-corrected chi connectivity index (χ4v) is 2.57. The average Bonchev–Trinajstić information content (AvgIpc) is 2.42. The number of carbonyl (C=O) groups excluding carboxylic acids is 1. The number of halogens is 2. The Morgan fingerprint density at radius 2 is 2.21 bits per heavy atom. The van der Waals surface area contributed by atoms with Crippen LogP contribution in [0.3, 0.4) is 0 Å². The van der Waals surface area contributed by atoms with E-state index in [1.165, 1.54) is 0 Å². The van der Waals surface area contributed by atoms with Gasteiger partial charge in [-0.3, -0.25) is 4.79 Å². The molecule has 1 saturated heterocycles. The first kappa shape index (κ1) is 14.3. The summed E-state index contributed by atoms with van der Waals surface area (Å²) in [6.07, 6.45) is 2.94. The largest absolute Gasteiger partial charge is 0.338 e. The lowest BCUT2D eigenvalue weighted by Crippen LogP contribution is -2.41. The fraction of sp³-hybridized carbons (Fsp3) is 0.462. The summed E-state index contributed by atoms with van der Waals surface area (Å²) in [6.45, 7) is 3.08. The van der Waals surface area contributed by atoms with Gasteiger partial charge >= 0.3 is 0 Å². The van der Waals surface area contributed by atoms with Gasteiger partial charge in [-0.1, -0.05) is 11.6 Å². The van der Waals surface area contributed by atoms with Crippen molar-refractivity contribution >= 4 is 33.4 Å². The standard InChI is InChI=1S/C13H13BrClN3O/c1-13(8-16)2-4-18(5-3-13)12(19)10-6-9(14)7-17-11(10)15/h6-7H,2-5H2,1H3. The van der Waals surface area contributed by atoms with Crippen molar-refractivity contribution in [2.45, 2.75) is 19.8 Å². The molecular weight excluding hydrogens is 330 g/mol. The Morgan fingerprint density at radius 1 is 1.58 bits per heavy atom. The van der Waals surface area contributed by atoms with E-state index in [1.54, 1.807) is 17.2 Å². The Hall–Kier alpha value is -1.12.